The van der Waals surface area contributed by atoms with Gasteiger partial charge in [-0.2, -0.15) is 0 Å². The third-order valence-corrected chi connectivity index (χ3v) is 5.06. The van der Waals surface area contributed by atoms with Crippen LogP contribution in [0.15, 0.2) is 48.7 Å². The van der Waals surface area contributed by atoms with E-state index < -0.39 is 11.7 Å². The number of benzene rings is 2. The number of fused-ring (bicyclic) bond motifs is 2. The van der Waals surface area contributed by atoms with Gasteiger partial charge in [0.1, 0.15) is 0 Å². The molecule has 0 radical (unpaired) electrons. The molecule has 6 heteroatoms. The first-order valence-electron chi connectivity index (χ1n) is 9.00. The Hall–Kier alpha value is -3.28. The molecule has 0 bridgehead atoms. The van der Waals surface area contributed by atoms with E-state index in [-0.39, 0.29) is 12.8 Å². The molecule has 1 amide bonds. The molecule has 1 aromatic heterocycles. The van der Waals surface area contributed by atoms with Crippen molar-refractivity contribution in [2.24, 2.45) is 0 Å². The molecule has 1 N–H and O–H groups in total. The van der Waals surface area contributed by atoms with Crippen LogP contribution in [0.5, 0.6) is 11.5 Å². The van der Waals surface area contributed by atoms with E-state index in [0.29, 0.717) is 29.0 Å². The van der Waals surface area contributed by atoms with Crippen molar-refractivity contribution in [3.05, 3.63) is 59.8 Å². The number of carbonyl (C=O) groups is 2. The summed E-state index contributed by atoms with van der Waals surface area (Å²) < 4.78 is 10.8. The quantitative estimate of drug-likeness (QED) is 0.559. The van der Waals surface area contributed by atoms with Crippen molar-refractivity contribution < 1.29 is 19.1 Å². The van der Waals surface area contributed by atoms with Crippen LogP contribution in [0.3, 0.4) is 0 Å². The minimum atomic E-state index is -0.497. The number of ether oxygens (including phenoxy) is 2. The topological polar surface area (TPSA) is 71.6 Å². The van der Waals surface area contributed by atoms with Crippen LogP contribution in [-0.4, -0.2) is 34.4 Å². The highest BCUT2D eigenvalue weighted by Gasteiger charge is 2.36. The summed E-state index contributed by atoms with van der Waals surface area (Å²) in [4.78, 5) is 30.8. The highest BCUT2D eigenvalue weighted by molar-refractivity contribution is 6.45. The van der Waals surface area contributed by atoms with E-state index in [1.807, 2.05) is 30.3 Å². The number of H-pyrrole nitrogens is 1. The lowest BCUT2D eigenvalue weighted by Gasteiger charge is -2.21. The number of amides is 1. The number of aromatic nitrogens is 1. The molecule has 2 aromatic carbocycles. The minimum Gasteiger partial charge on any atom is -0.454 e. The smallest absolute Gasteiger partial charge is 0.295 e. The van der Waals surface area contributed by atoms with E-state index in [2.05, 4.69) is 4.98 Å². The van der Waals surface area contributed by atoms with Crippen LogP contribution in [0, 0.1) is 0 Å². The van der Waals surface area contributed by atoms with Crippen LogP contribution >= 0.6 is 0 Å². The molecular formula is C21H18N2O4. The van der Waals surface area contributed by atoms with Gasteiger partial charge in [-0.15, -0.1) is 0 Å². The Kier molecular flexibility index (Phi) is 3.63. The van der Waals surface area contributed by atoms with Crippen molar-refractivity contribution >= 4 is 22.6 Å². The van der Waals surface area contributed by atoms with Gasteiger partial charge >= 0.3 is 0 Å². The molecule has 2 heterocycles. The zero-order valence-electron chi connectivity index (χ0n) is 14.6. The van der Waals surface area contributed by atoms with Crippen molar-refractivity contribution in [1.82, 2.24) is 9.88 Å². The summed E-state index contributed by atoms with van der Waals surface area (Å²) >= 11 is 0. The Morgan fingerprint density at radius 2 is 1.81 bits per heavy atom. The van der Waals surface area contributed by atoms with Crippen molar-refractivity contribution in [3.8, 4) is 11.5 Å². The van der Waals surface area contributed by atoms with E-state index in [1.54, 1.807) is 23.2 Å². The molecule has 1 saturated carbocycles. The fraction of sp³-hybridized carbons (Fsp3) is 0.238. The van der Waals surface area contributed by atoms with Gasteiger partial charge in [0, 0.05) is 30.2 Å². The summed E-state index contributed by atoms with van der Waals surface area (Å²) in [6, 6.07) is 13.5. The van der Waals surface area contributed by atoms with E-state index >= 15 is 0 Å². The van der Waals surface area contributed by atoms with Crippen LogP contribution in [-0.2, 0) is 11.3 Å². The van der Waals surface area contributed by atoms with Crippen molar-refractivity contribution in [3.63, 3.8) is 0 Å². The molecule has 1 aliphatic heterocycles. The van der Waals surface area contributed by atoms with Gasteiger partial charge in [-0.1, -0.05) is 30.3 Å². The molecule has 0 saturated heterocycles. The second-order valence-electron chi connectivity index (χ2n) is 6.93. The third-order valence-electron chi connectivity index (χ3n) is 5.06. The fourth-order valence-electron chi connectivity index (χ4n) is 3.48. The van der Waals surface area contributed by atoms with Crippen molar-refractivity contribution in [1.29, 1.82) is 0 Å². The Morgan fingerprint density at radius 3 is 2.56 bits per heavy atom. The van der Waals surface area contributed by atoms with E-state index in [0.717, 1.165) is 23.9 Å². The lowest BCUT2D eigenvalue weighted by molar-refractivity contribution is -0.127. The second-order valence-corrected chi connectivity index (χ2v) is 6.93. The van der Waals surface area contributed by atoms with E-state index in [1.165, 1.54) is 0 Å². The van der Waals surface area contributed by atoms with E-state index in [9.17, 15) is 9.59 Å². The Balaban J connectivity index is 1.45. The van der Waals surface area contributed by atoms with Crippen LogP contribution in [0.4, 0.5) is 0 Å². The first kappa shape index (κ1) is 15.9. The monoisotopic (exact) mass is 362 g/mol. The summed E-state index contributed by atoms with van der Waals surface area (Å²) in [5.74, 6) is 0.271. The lowest BCUT2D eigenvalue weighted by atomic mass is 10.1. The fourth-order valence-corrected chi connectivity index (χ4v) is 3.48. The maximum Gasteiger partial charge on any atom is 0.295 e. The highest BCUT2D eigenvalue weighted by atomic mass is 16.7. The minimum absolute atomic E-state index is 0.146. The Morgan fingerprint density at radius 1 is 1.07 bits per heavy atom. The molecule has 3 aromatic rings. The van der Waals surface area contributed by atoms with Gasteiger partial charge in [-0.25, -0.2) is 0 Å². The van der Waals surface area contributed by atoms with Crippen LogP contribution in [0.25, 0.3) is 10.9 Å². The molecule has 0 spiro atoms. The second kappa shape index (κ2) is 6.16. The molecule has 136 valence electrons. The van der Waals surface area contributed by atoms with Crippen molar-refractivity contribution in [2.45, 2.75) is 25.4 Å². The molecule has 6 nitrogen and oxygen atoms in total. The largest absolute Gasteiger partial charge is 0.454 e. The average molecular weight is 362 g/mol. The van der Waals surface area contributed by atoms with Crippen molar-refractivity contribution in [2.75, 3.05) is 6.79 Å². The molecule has 27 heavy (non-hydrogen) atoms. The number of carbonyl (C=O) groups excluding carboxylic acids is 2. The zero-order valence-corrected chi connectivity index (χ0v) is 14.6. The lowest BCUT2D eigenvalue weighted by Crippen LogP contribution is -2.37. The maximum atomic E-state index is 13.0. The summed E-state index contributed by atoms with van der Waals surface area (Å²) in [5.41, 5.74) is 2.14. The molecule has 2 aliphatic rings. The van der Waals surface area contributed by atoms with Gasteiger partial charge in [0.2, 0.25) is 6.79 Å². The number of hydrogen-bond acceptors (Lipinski definition) is 4. The number of nitrogens with zero attached hydrogens (tertiary/aromatic N) is 1. The number of aromatic amines is 1. The number of rotatable bonds is 5. The first-order chi connectivity index (χ1) is 13.2. The van der Waals surface area contributed by atoms with Crippen LogP contribution in [0.1, 0.15) is 28.8 Å². The SMILES string of the molecule is O=C(C(=O)N(Cc1ccccc1)C1CC1)c1c[nH]c2cc3c(cc12)OCO3. The summed E-state index contributed by atoms with van der Waals surface area (Å²) in [6.07, 6.45) is 3.48. The molecule has 0 unspecified atom stereocenters. The van der Waals surface area contributed by atoms with Gasteiger partial charge in [0.15, 0.2) is 11.5 Å². The molecule has 5 rings (SSSR count). The molecule has 1 aliphatic carbocycles. The Labute approximate surface area is 155 Å². The number of ketones is 1. The molecule has 1 fully saturated rings. The maximum absolute atomic E-state index is 13.0. The summed E-state index contributed by atoms with van der Waals surface area (Å²) in [7, 11) is 0. The average Bonchev–Trinajstić information content (AvgIpc) is 3.30. The molecule has 0 atom stereocenters. The number of hydrogen-bond donors (Lipinski definition) is 1. The van der Waals surface area contributed by atoms with Gasteiger partial charge in [-0.3, -0.25) is 9.59 Å². The number of nitrogens with one attached hydrogen (secondary N) is 1. The Bertz CT molecular complexity index is 1040. The third kappa shape index (κ3) is 2.83. The van der Waals surface area contributed by atoms with Crippen LogP contribution < -0.4 is 9.47 Å². The predicted octanol–water partition coefficient (Wildman–Crippen LogP) is 3.27. The van der Waals surface area contributed by atoms with E-state index in [4.69, 9.17) is 9.47 Å². The summed E-state index contributed by atoms with van der Waals surface area (Å²) in [5, 5.41) is 0.674. The van der Waals surface area contributed by atoms with Gasteiger partial charge in [0.25, 0.3) is 11.7 Å². The van der Waals surface area contributed by atoms with Crippen LogP contribution in [0.2, 0.25) is 0 Å². The normalized spacial score (nSPS) is 15.1. The van der Waals surface area contributed by atoms with Gasteiger partial charge in [0.05, 0.1) is 11.1 Å². The van der Waals surface area contributed by atoms with Gasteiger partial charge in [-0.05, 0) is 24.5 Å². The standard InChI is InChI=1S/C21H18N2O4/c24-20(16-10-22-17-9-19-18(8-15(16)17)26-12-27-19)21(25)23(14-6-7-14)11-13-4-2-1-3-5-13/h1-5,8-10,14,22H,6-7,11-12H2. The molecular weight excluding hydrogens is 344 g/mol. The summed E-state index contributed by atoms with van der Waals surface area (Å²) in [6.45, 7) is 0.613. The first-order valence-corrected chi connectivity index (χ1v) is 9.00. The zero-order chi connectivity index (χ0) is 18.4. The highest BCUT2D eigenvalue weighted by Crippen LogP contribution is 2.37. The number of Topliss-reactive ketones (excluding diaryl/α,β-unsaturated/α-hetero) is 1. The predicted molar refractivity (Wildman–Crippen MR) is 98.8 cm³/mol. The van der Waals surface area contributed by atoms with Gasteiger partial charge < -0.3 is 19.4 Å².